The Morgan fingerprint density at radius 3 is 2.68 bits per heavy atom. The van der Waals surface area contributed by atoms with Gasteiger partial charge in [0.2, 0.25) is 0 Å². The molecule has 0 radical (unpaired) electrons. The van der Waals surface area contributed by atoms with Crippen LogP contribution in [0.4, 0.5) is 5.69 Å². The van der Waals surface area contributed by atoms with Crippen LogP contribution in [0.3, 0.4) is 0 Å². The van der Waals surface area contributed by atoms with Gasteiger partial charge in [-0.05, 0) is 29.3 Å². The summed E-state index contributed by atoms with van der Waals surface area (Å²) in [5.74, 6) is -0.389. The Hall–Kier alpha value is -2.55. The second-order valence-corrected chi connectivity index (χ2v) is 3.78. The van der Waals surface area contributed by atoms with Crippen LogP contribution in [0.25, 0.3) is 6.08 Å². The minimum Gasteiger partial charge on any atom is -0.465 e. The number of anilines is 1. The second-order valence-electron chi connectivity index (χ2n) is 3.78. The molecule has 0 amide bonds. The van der Waals surface area contributed by atoms with Gasteiger partial charge in [0.1, 0.15) is 0 Å². The van der Waals surface area contributed by atoms with Crippen LogP contribution in [-0.2, 0) is 4.74 Å². The largest absolute Gasteiger partial charge is 0.465 e. The van der Waals surface area contributed by atoms with E-state index in [1.807, 2.05) is 18.2 Å². The maximum absolute atomic E-state index is 11.4. The quantitative estimate of drug-likeness (QED) is 0.498. The van der Waals surface area contributed by atoms with Crippen molar-refractivity contribution < 1.29 is 9.53 Å². The molecule has 0 aliphatic rings. The fraction of sp³-hybridized carbons (Fsp3) is 0.0625. The molecule has 98 valence electrons. The molecular weight excluding hydrogens is 238 g/mol. The van der Waals surface area contributed by atoms with E-state index in [4.69, 9.17) is 5.73 Å². The number of hydrogen-bond donors (Lipinski definition) is 1. The lowest BCUT2D eigenvalue weighted by atomic mass is 10.1. The molecule has 0 aliphatic heterocycles. The smallest absolute Gasteiger partial charge is 0.337 e. The molecule has 1 aromatic rings. The summed E-state index contributed by atoms with van der Waals surface area (Å²) in [4.78, 5) is 11.4. The Morgan fingerprint density at radius 1 is 1.37 bits per heavy atom. The summed E-state index contributed by atoms with van der Waals surface area (Å²) in [6.45, 7) is 7.33. The van der Waals surface area contributed by atoms with E-state index >= 15 is 0 Å². The molecule has 0 aliphatic carbocycles. The average molecular weight is 255 g/mol. The number of benzene rings is 1. The zero-order valence-corrected chi connectivity index (χ0v) is 10.9. The van der Waals surface area contributed by atoms with Crippen LogP contribution in [-0.4, -0.2) is 13.1 Å². The number of carbonyl (C=O) groups is 1. The Bertz CT molecular complexity index is 554. The Balaban J connectivity index is 3.09. The molecule has 0 bridgehead atoms. The average Bonchev–Trinajstić information content (AvgIpc) is 2.44. The lowest BCUT2D eigenvalue weighted by Crippen LogP contribution is -2.02. The molecule has 0 saturated heterocycles. The second kappa shape index (κ2) is 7.01. The first-order valence-corrected chi connectivity index (χ1v) is 5.73. The van der Waals surface area contributed by atoms with Gasteiger partial charge in [-0.15, -0.1) is 0 Å². The van der Waals surface area contributed by atoms with Gasteiger partial charge in [0, 0.05) is 5.69 Å². The Morgan fingerprint density at radius 2 is 2.11 bits per heavy atom. The fourth-order valence-corrected chi connectivity index (χ4v) is 1.48. The SMILES string of the molecule is C=C/C=C(C=C)/C=C/c1cc(C(=O)OC)ccc1N. The van der Waals surface area contributed by atoms with Gasteiger partial charge in [0.15, 0.2) is 0 Å². The Kier molecular flexibility index (Phi) is 5.35. The lowest BCUT2D eigenvalue weighted by molar-refractivity contribution is 0.0601. The van der Waals surface area contributed by atoms with Gasteiger partial charge in [-0.1, -0.05) is 43.5 Å². The topological polar surface area (TPSA) is 52.3 Å². The summed E-state index contributed by atoms with van der Waals surface area (Å²) in [5, 5.41) is 0. The number of nitrogens with two attached hydrogens (primary N) is 1. The third-order valence-electron chi connectivity index (χ3n) is 2.51. The first-order chi connectivity index (χ1) is 9.12. The fourth-order valence-electron chi connectivity index (χ4n) is 1.48. The van der Waals surface area contributed by atoms with E-state index in [0.29, 0.717) is 11.3 Å². The monoisotopic (exact) mass is 255 g/mol. The highest BCUT2D eigenvalue weighted by atomic mass is 16.5. The van der Waals surface area contributed by atoms with Crippen LogP contribution < -0.4 is 5.73 Å². The molecule has 0 aromatic heterocycles. The van der Waals surface area contributed by atoms with Crippen molar-refractivity contribution in [3.63, 3.8) is 0 Å². The predicted octanol–water partition coefficient (Wildman–Crippen LogP) is 3.37. The number of allylic oxidation sites excluding steroid dienone is 5. The number of nitrogen functional groups attached to an aromatic ring is 1. The maximum Gasteiger partial charge on any atom is 0.337 e. The molecule has 19 heavy (non-hydrogen) atoms. The molecule has 3 nitrogen and oxygen atoms in total. The summed E-state index contributed by atoms with van der Waals surface area (Å²) in [7, 11) is 1.34. The van der Waals surface area contributed by atoms with E-state index in [2.05, 4.69) is 17.9 Å². The molecular formula is C16H17NO2. The van der Waals surface area contributed by atoms with Gasteiger partial charge in [-0.3, -0.25) is 0 Å². The van der Waals surface area contributed by atoms with Gasteiger partial charge in [0.05, 0.1) is 12.7 Å². The van der Waals surface area contributed by atoms with E-state index < -0.39 is 0 Å². The lowest BCUT2D eigenvalue weighted by Gasteiger charge is -2.04. The van der Waals surface area contributed by atoms with E-state index in [0.717, 1.165) is 11.1 Å². The summed E-state index contributed by atoms with van der Waals surface area (Å²) in [6, 6.07) is 5.00. The summed E-state index contributed by atoms with van der Waals surface area (Å²) in [5.41, 5.74) is 8.57. The predicted molar refractivity (Wildman–Crippen MR) is 79.7 cm³/mol. The van der Waals surface area contributed by atoms with Crippen molar-refractivity contribution in [1.82, 2.24) is 0 Å². The standard InChI is InChI=1S/C16H17NO2/c1-4-6-12(5-2)7-8-13-11-14(16(18)19-3)9-10-15(13)17/h4-11H,1-2,17H2,3H3/b8-7+,12-6+. The van der Waals surface area contributed by atoms with Crippen molar-refractivity contribution in [2.75, 3.05) is 12.8 Å². The van der Waals surface area contributed by atoms with Crippen molar-refractivity contribution in [2.45, 2.75) is 0 Å². The van der Waals surface area contributed by atoms with E-state index in [-0.39, 0.29) is 5.97 Å². The van der Waals surface area contributed by atoms with Gasteiger partial charge in [-0.25, -0.2) is 4.79 Å². The van der Waals surface area contributed by atoms with Crippen molar-refractivity contribution in [3.8, 4) is 0 Å². The van der Waals surface area contributed by atoms with Gasteiger partial charge in [0.25, 0.3) is 0 Å². The van der Waals surface area contributed by atoms with Crippen LogP contribution in [0.2, 0.25) is 0 Å². The van der Waals surface area contributed by atoms with Crippen molar-refractivity contribution in [3.05, 3.63) is 72.4 Å². The minimum atomic E-state index is -0.389. The molecule has 0 fully saturated rings. The van der Waals surface area contributed by atoms with Gasteiger partial charge in [-0.2, -0.15) is 0 Å². The van der Waals surface area contributed by atoms with Crippen LogP contribution in [0, 0.1) is 0 Å². The van der Waals surface area contributed by atoms with Crippen molar-refractivity contribution >= 4 is 17.7 Å². The highest BCUT2D eigenvalue weighted by Gasteiger charge is 2.06. The maximum atomic E-state index is 11.4. The molecule has 3 heteroatoms. The number of methoxy groups -OCH3 is 1. The van der Waals surface area contributed by atoms with Gasteiger partial charge < -0.3 is 10.5 Å². The Labute approximate surface area is 113 Å². The van der Waals surface area contributed by atoms with Crippen molar-refractivity contribution in [2.24, 2.45) is 0 Å². The molecule has 0 unspecified atom stereocenters. The summed E-state index contributed by atoms with van der Waals surface area (Å²) in [6.07, 6.45) is 8.87. The number of esters is 1. The number of hydrogen-bond acceptors (Lipinski definition) is 3. The molecule has 1 aromatic carbocycles. The third-order valence-corrected chi connectivity index (χ3v) is 2.51. The molecule has 0 atom stereocenters. The first kappa shape index (κ1) is 14.5. The highest BCUT2D eigenvalue weighted by molar-refractivity contribution is 5.91. The van der Waals surface area contributed by atoms with Crippen LogP contribution in [0.1, 0.15) is 15.9 Å². The zero-order chi connectivity index (χ0) is 14.3. The van der Waals surface area contributed by atoms with Crippen LogP contribution >= 0.6 is 0 Å². The molecule has 2 N–H and O–H groups in total. The highest BCUT2D eigenvalue weighted by Crippen LogP contribution is 2.17. The van der Waals surface area contributed by atoms with Crippen LogP contribution in [0.5, 0.6) is 0 Å². The van der Waals surface area contributed by atoms with Gasteiger partial charge >= 0.3 is 5.97 Å². The minimum absolute atomic E-state index is 0.389. The summed E-state index contributed by atoms with van der Waals surface area (Å²) >= 11 is 0. The van der Waals surface area contributed by atoms with E-state index in [1.165, 1.54) is 7.11 Å². The molecule has 0 spiro atoms. The first-order valence-electron chi connectivity index (χ1n) is 5.73. The van der Waals surface area contributed by atoms with Crippen LogP contribution in [0.15, 0.2) is 61.2 Å². The molecule has 0 heterocycles. The summed E-state index contributed by atoms with van der Waals surface area (Å²) < 4.78 is 4.67. The van der Waals surface area contributed by atoms with Crippen molar-refractivity contribution in [1.29, 1.82) is 0 Å². The van der Waals surface area contributed by atoms with E-state index in [9.17, 15) is 4.79 Å². The van der Waals surface area contributed by atoms with E-state index in [1.54, 1.807) is 30.4 Å². The molecule has 0 saturated carbocycles. The molecule has 1 rings (SSSR count). The third kappa shape index (κ3) is 4.00. The normalized spacial score (nSPS) is 11.3. The number of ether oxygens (including phenoxy) is 1. The number of rotatable bonds is 5. The zero-order valence-electron chi connectivity index (χ0n) is 10.9. The number of carbonyl (C=O) groups excluding carboxylic acids is 1.